The summed E-state index contributed by atoms with van der Waals surface area (Å²) in [5.41, 5.74) is 7.69. The first-order chi connectivity index (χ1) is 12.1. The van der Waals surface area contributed by atoms with Crippen molar-refractivity contribution in [3.63, 3.8) is 0 Å². The molecule has 25 heavy (non-hydrogen) atoms. The fourth-order valence-corrected chi connectivity index (χ4v) is 3.20. The van der Waals surface area contributed by atoms with Crippen molar-refractivity contribution < 1.29 is 14.4 Å². The first-order valence-corrected chi connectivity index (χ1v) is 7.80. The van der Waals surface area contributed by atoms with Gasteiger partial charge in [0, 0.05) is 33.5 Å². The molecular weight excluding hydrogens is 314 g/mol. The van der Waals surface area contributed by atoms with E-state index in [4.69, 9.17) is 5.73 Å². The van der Waals surface area contributed by atoms with Crippen molar-refractivity contribution in [3.05, 3.63) is 100 Å². The maximum Gasteiger partial charge on any atom is 0.196 e. The van der Waals surface area contributed by atoms with Gasteiger partial charge in [0.15, 0.2) is 17.3 Å². The van der Waals surface area contributed by atoms with Crippen molar-refractivity contribution in [2.75, 3.05) is 5.73 Å². The first kappa shape index (κ1) is 15.0. The highest BCUT2D eigenvalue weighted by Crippen LogP contribution is 2.33. The number of nitrogen functional groups attached to an aromatic ring is 1. The van der Waals surface area contributed by atoms with Crippen molar-refractivity contribution in [2.45, 2.75) is 0 Å². The van der Waals surface area contributed by atoms with Crippen molar-refractivity contribution in [1.82, 2.24) is 0 Å². The molecule has 0 atom stereocenters. The van der Waals surface area contributed by atoms with Crippen LogP contribution in [0.25, 0.3) is 0 Å². The number of hydrogen-bond donors (Lipinski definition) is 1. The summed E-state index contributed by atoms with van der Waals surface area (Å²) in [4.78, 5) is 38.7. The number of carbonyl (C=O) groups excluding carboxylic acids is 3. The minimum absolute atomic E-state index is 0.152. The van der Waals surface area contributed by atoms with Crippen LogP contribution in [0.5, 0.6) is 0 Å². The number of hydrogen-bond acceptors (Lipinski definition) is 4. The number of nitrogens with two attached hydrogens (primary N) is 1. The van der Waals surface area contributed by atoms with Gasteiger partial charge in [-0.1, -0.05) is 60.7 Å². The second-order valence-corrected chi connectivity index (χ2v) is 5.85. The van der Waals surface area contributed by atoms with Crippen molar-refractivity contribution in [3.8, 4) is 0 Å². The highest BCUT2D eigenvalue weighted by molar-refractivity contribution is 6.33. The number of anilines is 1. The monoisotopic (exact) mass is 327 g/mol. The molecule has 4 nitrogen and oxygen atoms in total. The molecule has 3 aromatic carbocycles. The molecule has 0 fully saturated rings. The predicted molar refractivity (Wildman–Crippen MR) is 94.0 cm³/mol. The third kappa shape index (κ3) is 2.19. The molecule has 3 aromatic rings. The zero-order chi connectivity index (χ0) is 17.6. The lowest BCUT2D eigenvalue weighted by Gasteiger charge is -2.20. The molecular formula is C21H13NO3. The van der Waals surface area contributed by atoms with Crippen LogP contribution in [0.15, 0.2) is 66.7 Å². The van der Waals surface area contributed by atoms with Crippen LogP contribution in [0.3, 0.4) is 0 Å². The second-order valence-electron chi connectivity index (χ2n) is 5.85. The van der Waals surface area contributed by atoms with Crippen LogP contribution in [0.4, 0.5) is 5.69 Å². The third-order valence-electron chi connectivity index (χ3n) is 4.39. The summed E-state index contributed by atoms with van der Waals surface area (Å²) in [5.74, 6) is -0.965. The van der Waals surface area contributed by atoms with Gasteiger partial charge in [-0.15, -0.1) is 0 Å². The van der Waals surface area contributed by atoms with Gasteiger partial charge >= 0.3 is 0 Å². The van der Waals surface area contributed by atoms with Crippen molar-refractivity contribution in [1.29, 1.82) is 0 Å². The van der Waals surface area contributed by atoms with Gasteiger partial charge in [0.25, 0.3) is 0 Å². The molecule has 1 aliphatic rings. The zero-order valence-corrected chi connectivity index (χ0v) is 13.2. The van der Waals surface area contributed by atoms with Gasteiger partial charge in [-0.2, -0.15) is 0 Å². The molecule has 120 valence electrons. The minimum atomic E-state index is -0.350. The Morgan fingerprint density at radius 3 is 2.00 bits per heavy atom. The van der Waals surface area contributed by atoms with Gasteiger partial charge in [0.2, 0.25) is 0 Å². The molecule has 4 heteroatoms. The summed E-state index contributed by atoms with van der Waals surface area (Å²) in [7, 11) is 0. The minimum Gasteiger partial charge on any atom is -0.398 e. The fraction of sp³-hybridized carbons (Fsp3) is 0. The van der Waals surface area contributed by atoms with E-state index < -0.39 is 0 Å². The van der Waals surface area contributed by atoms with E-state index in [2.05, 4.69) is 0 Å². The number of rotatable bonds is 2. The fourth-order valence-electron chi connectivity index (χ4n) is 3.20. The maximum atomic E-state index is 13.0. The van der Waals surface area contributed by atoms with E-state index >= 15 is 0 Å². The molecule has 0 aromatic heterocycles. The van der Waals surface area contributed by atoms with Crippen molar-refractivity contribution in [2.24, 2.45) is 0 Å². The third-order valence-corrected chi connectivity index (χ3v) is 4.39. The average molecular weight is 327 g/mol. The average Bonchev–Trinajstić information content (AvgIpc) is 2.65. The number of benzene rings is 3. The van der Waals surface area contributed by atoms with Crippen LogP contribution < -0.4 is 5.73 Å². The molecule has 0 heterocycles. The lowest BCUT2D eigenvalue weighted by atomic mass is 9.80. The van der Waals surface area contributed by atoms with E-state index in [0.717, 1.165) is 0 Å². The molecule has 0 radical (unpaired) electrons. The van der Waals surface area contributed by atoms with E-state index in [1.165, 1.54) is 0 Å². The van der Waals surface area contributed by atoms with Crippen molar-refractivity contribution >= 4 is 23.0 Å². The van der Waals surface area contributed by atoms with Crippen LogP contribution in [-0.2, 0) is 0 Å². The molecule has 1 aliphatic carbocycles. The largest absolute Gasteiger partial charge is 0.398 e. The van der Waals surface area contributed by atoms with Gasteiger partial charge in [0.05, 0.1) is 5.56 Å². The van der Waals surface area contributed by atoms with E-state index in [1.807, 2.05) is 6.07 Å². The smallest absolute Gasteiger partial charge is 0.196 e. The van der Waals surface area contributed by atoms with Crippen LogP contribution in [-0.4, -0.2) is 17.3 Å². The summed E-state index contributed by atoms with van der Waals surface area (Å²) < 4.78 is 0. The van der Waals surface area contributed by atoms with Gasteiger partial charge in [0.1, 0.15) is 0 Å². The Bertz CT molecular complexity index is 1050. The predicted octanol–water partition coefficient (Wildman–Crippen LogP) is 3.28. The maximum absolute atomic E-state index is 13.0. The van der Waals surface area contributed by atoms with E-state index in [1.54, 1.807) is 60.7 Å². The molecule has 0 aliphatic heterocycles. The van der Waals surface area contributed by atoms with Gasteiger partial charge in [-0.3, -0.25) is 14.4 Å². The van der Waals surface area contributed by atoms with Gasteiger partial charge in [-0.05, 0) is 6.07 Å². The van der Waals surface area contributed by atoms with Crippen LogP contribution in [0, 0.1) is 0 Å². The first-order valence-electron chi connectivity index (χ1n) is 7.80. The van der Waals surface area contributed by atoms with Crippen LogP contribution in [0.2, 0.25) is 0 Å². The molecule has 2 N–H and O–H groups in total. The number of fused-ring (bicyclic) bond motifs is 2. The summed E-state index contributed by atoms with van der Waals surface area (Å²) in [6, 6.07) is 18.2. The highest BCUT2D eigenvalue weighted by Gasteiger charge is 2.34. The molecule has 0 spiro atoms. The Morgan fingerprint density at radius 1 is 0.680 bits per heavy atom. The normalized spacial score (nSPS) is 12.5. The quantitative estimate of drug-likeness (QED) is 0.453. The topological polar surface area (TPSA) is 77.2 Å². The number of ketones is 3. The van der Waals surface area contributed by atoms with Gasteiger partial charge in [-0.25, -0.2) is 0 Å². The molecule has 4 rings (SSSR count). The Kier molecular flexibility index (Phi) is 3.32. The Balaban J connectivity index is 1.95. The summed E-state index contributed by atoms with van der Waals surface area (Å²) in [5, 5.41) is 0. The number of carbonyl (C=O) groups is 3. The Labute approximate surface area is 143 Å². The Hall–Kier alpha value is -3.53. The van der Waals surface area contributed by atoms with E-state index in [0.29, 0.717) is 5.56 Å². The summed E-state index contributed by atoms with van der Waals surface area (Å²) >= 11 is 0. The summed E-state index contributed by atoms with van der Waals surface area (Å²) in [6.07, 6.45) is 0. The lowest BCUT2D eigenvalue weighted by molar-refractivity contribution is 0.0971. The molecule has 0 saturated heterocycles. The molecule has 0 amide bonds. The van der Waals surface area contributed by atoms with Crippen LogP contribution >= 0.6 is 0 Å². The summed E-state index contributed by atoms with van der Waals surface area (Å²) in [6.45, 7) is 0. The van der Waals surface area contributed by atoms with E-state index in [-0.39, 0.29) is 50.9 Å². The molecule has 0 bridgehead atoms. The highest BCUT2D eigenvalue weighted by atomic mass is 16.1. The molecule has 0 unspecified atom stereocenters. The van der Waals surface area contributed by atoms with E-state index in [9.17, 15) is 14.4 Å². The van der Waals surface area contributed by atoms with Gasteiger partial charge < -0.3 is 5.73 Å². The van der Waals surface area contributed by atoms with Crippen LogP contribution in [0.1, 0.15) is 47.8 Å². The SMILES string of the molecule is Nc1cccc2c1C(=O)c1cccc(C(=O)c3ccccc3)c1C2=O. The standard InChI is InChI=1S/C21H13NO3/c22-16-11-5-10-15-18(16)21(25)14-9-4-8-13(17(14)20(15)24)19(23)12-6-2-1-3-7-12/h1-11H,22H2. The Morgan fingerprint density at radius 2 is 1.28 bits per heavy atom. The molecule has 0 saturated carbocycles. The zero-order valence-electron chi connectivity index (χ0n) is 13.2. The lowest BCUT2D eigenvalue weighted by Crippen LogP contribution is -2.25. The second kappa shape index (κ2) is 5.53.